The van der Waals surface area contributed by atoms with Gasteiger partial charge in [0.15, 0.2) is 4.34 Å². The number of aromatic nitrogens is 2. The van der Waals surface area contributed by atoms with Crippen LogP contribution in [0.15, 0.2) is 52.9 Å². The van der Waals surface area contributed by atoms with Gasteiger partial charge in [0, 0.05) is 17.4 Å². The minimum Gasteiger partial charge on any atom is -0.497 e. The minimum atomic E-state index is -0.320. The van der Waals surface area contributed by atoms with Crippen LogP contribution in [-0.2, 0) is 4.79 Å². The van der Waals surface area contributed by atoms with Gasteiger partial charge in [-0.05, 0) is 43.3 Å². The number of rotatable bonds is 8. The summed E-state index contributed by atoms with van der Waals surface area (Å²) in [6.07, 6.45) is 0. The van der Waals surface area contributed by atoms with Gasteiger partial charge in [-0.25, -0.2) is 0 Å². The SMILES string of the molecule is COc1ccc(NC(=O)C(C)Sc2nnc(Nc3cccc(OC)c3)s2)cc1. The van der Waals surface area contributed by atoms with Crippen LogP contribution < -0.4 is 20.1 Å². The van der Waals surface area contributed by atoms with Crippen LogP contribution in [-0.4, -0.2) is 35.6 Å². The number of amides is 1. The van der Waals surface area contributed by atoms with E-state index in [2.05, 4.69) is 20.8 Å². The molecule has 9 heteroatoms. The summed E-state index contributed by atoms with van der Waals surface area (Å²) in [5.41, 5.74) is 1.58. The van der Waals surface area contributed by atoms with Crippen LogP contribution in [0.4, 0.5) is 16.5 Å². The molecule has 2 aromatic carbocycles. The highest BCUT2D eigenvalue weighted by Gasteiger charge is 2.17. The number of carbonyl (C=O) groups excluding carboxylic acids is 1. The van der Waals surface area contributed by atoms with Crippen LogP contribution >= 0.6 is 23.1 Å². The third kappa shape index (κ3) is 5.37. The molecule has 0 radical (unpaired) electrons. The molecule has 3 rings (SSSR count). The minimum absolute atomic E-state index is 0.104. The lowest BCUT2D eigenvalue weighted by atomic mass is 10.3. The maximum atomic E-state index is 12.4. The molecule has 0 fully saturated rings. The molecule has 1 amide bonds. The molecule has 0 saturated heterocycles. The third-order valence-electron chi connectivity index (χ3n) is 3.73. The third-order valence-corrected chi connectivity index (χ3v) is 5.75. The van der Waals surface area contributed by atoms with E-state index in [-0.39, 0.29) is 11.2 Å². The van der Waals surface area contributed by atoms with Crippen molar-refractivity contribution in [1.29, 1.82) is 0 Å². The summed E-state index contributed by atoms with van der Waals surface area (Å²) in [6.45, 7) is 1.83. The average Bonchev–Trinajstić information content (AvgIpc) is 3.15. The number of hydrogen-bond donors (Lipinski definition) is 2. The van der Waals surface area contributed by atoms with Crippen molar-refractivity contribution in [3.63, 3.8) is 0 Å². The lowest BCUT2D eigenvalue weighted by Crippen LogP contribution is -2.22. The zero-order valence-electron chi connectivity index (χ0n) is 15.6. The highest BCUT2D eigenvalue weighted by atomic mass is 32.2. The van der Waals surface area contributed by atoms with Crippen molar-refractivity contribution >= 4 is 45.5 Å². The van der Waals surface area contributed by atoms with E-state index in [0.717, 1.165) is 22.9 Å². The molecule has 0 bridgehead atoms. The van der Waals surface area contributed by atoms with Gasteiger partial charge in [-0.1, -0.05) is 29.2 Å². The summed E-state index contributed by atoms with van der Waals surface area (Å²) in [6, 6.07) is 14.8. The Bertz CT molecular complexity index is 931. The fraction of sp³-hybridized carbons (Fsp3) is 0.211. The summed E-state index contributed by atoms with van der Waals surface area (Å²) in [5, 5.41) is 14.7. The Morgan fingerprint density at radius 1 is 1.04 bits per heavy atom. The molecule has 1 heterocycles. The maximum Gasteiger partial charge on any atom is 0.237 e. The number of methoxy groups -OCH3 is 2. The van der Waals surface area contributed by atoms with Crippen LogP contribution in [0, 0.1) is 0 Å². The lowest BCUT2D eigenvalue weighted by Gasteiger charge is -2.10. The number of thioether (sulfide) groups is 1. The van der Waals surface area contributed by atoms with Gasteiger partial charge in [-0.3, -0.25) is 4.79 Å². The predicted molar refractivity (Wildman–Crippen MR) is 113 cm³/mol. The molecule has 0 saturated carbocycles. The van der Waals surface area contributed by atoms with Crippen LogP contribution in [0.2, 0.25) is 0 Å². The quantitative estimate of drug-likeness (QED) is 0.526. The monoisotopic (exact) mass is 416 g/mol. The molecule has 0 aliphatic rings. The summed E-state index contributed by atoms with van der Waals surface area (Å²) < 4.78 is 11.0. The lowest BCUT2D eigenvalue weighted by molar-refractivity contribution is -0.115. The summed E-state index contributed by atoms with van der Waals surface area (Å²) in [7, 11) is 3.23. The molecular weight excluding hydrogens is 396 g/mol. The molecule has 28 heavy (non-hydrogen) atoms. The largest absolute Gasteiger partial charge is 0.497 e. The smallest absolute Gasteiger partial charge is 0.237 e. The maximum absolute atomic E-state index is 12.4. The van der Waals surface area contributed by atoms with Gasteiger partial charge < -0.3 is 20.1 Å². The molecule has 1 unspecified atom stereocenters. The van der Waals surface area contributed by atoms with Gasteiger partial charge in [-0.15, -0.1) is 10.2 Å². The zero-order chi connectivity index (χ0) is 19.9. The fourth-order valence-corrected chi connectivity index (χ4v) is 4.17. The predicted octanol–water partition coefficient (Wildman–Crippen LogP) is 4.42. The molecule has 1 aromatic heterocycles. The van der Waals surface area contributed by atoms with Gasteiger partial charge in [0.1, 0.15) is 11.5 Å². The van der Waals surface area contributed by atoms with Crippen molar-refractivity contribution in [1.82, 2.24) is 10.2 Å². The summed E-state index contributed by atoms with van der Waals surface area (Å²) in [5.74, 6) is 1.39. The Morgan fingerprint density at radius 3 is 2.50 bits per heavy atom. The van der Waals surface area contributed by atoms with Crippen LogP contribution in [0.5, 0.6) is 11.5 Å². The van der Waals surface area contributed by atoms with E-state index in [0.29, 0.717) is 9.47 Å². The van der Waals surface area contributed by atoms with Crippen LogP contribution in [0.25, 0.3) is 0 Å². The van der Waals surface area contributed by atoms with Gasteiger partial charge in [-0.2, -0.15) is 0 Å². The molecule has 7 nitrogen and oxygen atoms in total. The van der Waals surface area contributed by atoms with Crippen molar-refractivity contribution in [2.45, 2.75) is 16.5 Å². The molecule has 3 aromatic rings. The number of benzene rings is 2. The molecular formula is C19H20N4O3S2. The van der Waals surface area contributed by atoms with Crippen LogP contribution in [0.3, 0.4) is 0 Å². The average molecular weight is 417 g/mol. The number of carbonyl (C=O) groups is 1. The number of hydrogen-bond acceptors (Lipinski definition) is 8. The van der Waals surface area contributed by atoms with E-state index < -0.39 is 0 Å². The Labute approximate surface area is 171 Å². The van der Waals surface area contributed by atoms with E-state index in [1.807, 2.05) is 31.2 Å². The van der Waals surface area contributed by atoms with Crippen molar-refractivity contribution in [2.24, 2.45) is 0 Å². The highest BCUT2D eigenvalue weighted by Crippen LogP contribution is 2.31. The fourth-order valence-electron chi connectivity index (χ4n) is 2.26. The molecule has 0 spiro atoms. The van der Waals surface area contributed by atoms with E-state index in [9.17, 15) is 4.79 Å². The first-order valence-corrected chi connectivity index (χ1v) is 10.1. The molecule has 2 N–H and O–H groups in total. The van der Waals surface area contributed by atoms with Crippen molar-refractivity contribution in [2.75, 3.05) is 24.9 Å². The van der Waals surface area contributed by atoms with Gasteiger partial charge in [0.2, 0.25) is 11.0 Å². The molecule has 146 valence electrons. The van der Waals surface area contributed by atoms with Crippen LogP contribution in [0.1, 0.15) is 6.92 Å². The topological polar surface area (TPSA) is 85.4 Å². The summed E-state index contributed by atoms with van der Waals surface area (Å²) in [4.78, 5) is 12.4. The van der Waals surface area contributed by atoms with Gasteiger partial charge in [0.05, 0.1) is 19.5 Å². The second-order valence-corrected chi connectivity index (χ2v) is 8.27. The van der Waals surface area contributed by atoms with E-state index in [1.165, 1.54) is 23.1 Å². The second kappa shape index (κ2) is 9.43. The first-order chi connectivity index (χ1) is 13.6. The number of anilines is 3. The Morgan fingerprint density at radius 2 is 1.79 bits per heavy atom. The highest BCUT2D eigenvalue weighted by molar-refractivity contribution is 8.02. The standard InChI is InChI=1S/C19H20N4O3S2/c1-12(17(24)20-13-7-9-15(25-2)10-8-13)27-19-23-22-18(28-19)21-14-5-4-6-16(11-14)26-3/h4-12H,1-3H3,(H,20,24)(H,21,22). The normalized spacial score (nSPS) is 11.5. The molecule has 0 aliphatic carbocycles. The Hall–Kier alpha value is -2.78. The van der Waals surface area contributed by atoms with E-state index in [4.69, 9.17) is 9.47 Å². The molecule has 1 atom stereocenters. The van der Waals surface area contributed by atoms with Crippen molar-refractivity contribution in [3.8, 4) is 11.5 Å². The first-order valence-electron chi connectivity index (χ1n) is 8.43. The van der Waals surface area contributed by atoms with E-state index in [1.54, 1.807) is 38.5 Å². The summed E-state index contributed by atoms with van der Waals surface area (Å²) >= 11 is 2.75. The number of ether oxygens (including phenoxy) is 2. The number of nitrogens with zero attached hydrogens (tertiary/aromatic N) is 2. The van der Waals surface area contributed by atoms with Crippen molar-refractivity contribution < 1.29 is 14.3 Å². The Balaban J connectivity index is 1.56. The van der Waals surface area contributed by atoms with Crippen molar-refractivity contribution in [3.05, 3.63) is 48.5 Å². The molecule has 0 aliphatic heterocycles. The zero-order valence-corrected chi connectivity index (χ0v) is 17.3. The first kappa shape index (κ1) is 20.0. The van der Waals surface area contributed by atoms with Gasteiger partial charge >= 0.3 is 0 Å². The Kier molecular flexibility index (Phi) is 6.72. The van der Waals surface area contributed by atoms with E-state index >= 15 is 0 Å². The second-order valence-electron chi connectivity index (χ2n) is 5.71. The number of nitrogens with one attached hydrogen (secondary N) is 2. The van der Waals surface area contributed by atoms with Gasteiger partial charge in [0.25, 0.3) is 0 Å².